The highest BCUT2D eigenvalue weighted by Crippen LogP contribution is 2.32. The van der Waals surface area contributed by atoms with E-state index in [9.17, 15) is 4.79 Å². The lowest BCUT2D eigenvalue weighted by Gasteiger charge is -2.22. The molecule has 1 atom stereocenters. The Labute approximate surface area is 122 Å². The Balaban J connectivity index is 1.80. The molecule has 0 spiro atoms. The van der Waals surface area contributed by atoms with Gasteiger partial charge < -0.3 is 10.6 Å². The van der Waals surface area contributed by atoms with Crippen LogP contribution in [0, 0.1) is 0 Å². The second-order valence-electron chi connectivity index (χ2n) is 5.06. The summed E-state index contributed by atoms with van der Waals surface area (Å²) in [6.45, 7) is 2.52. The molecule has 2 aromatic rings. The second kappa shape index (κ2) is 5.34. The van der Waals surface area contributed by atoms with Gasteiger partial charge in [0.05, 0.1) is 12.1 Å². The van der Waals surface area contributed by atoms with Gasteiger partial charge in [-0.05, 0) is 25.0 Å². The third-order valence-electron chi connectivity index (χ3n) is 3.58. The van der Waals surface area contributed by atoms with Gasteiger partial charge in [-0.25, -0.2) is 4.98 Å². The maximum absolute atomic E-state index is 12.5. The van der Waals surface area contributed by atoms with E-state index in [0.717, 1.165) is 22.8 Å². The zero-order valence-electron chi connectivity index (χ0n) is 11.4. The second-order valence-corrected chi connectivity index (χ2v) is 6.00. The van der Waals surface area contributed by atoms with Crippen LogP contribution in [0.3, 0.4) is 0 Å². The molecule has 0 fully saturated rings. The number of nitrogens with two attached hydrogens (primary N) is 1. The topological polar surface area (TPSA) is 59.2 Å². The molecular weight excluding hydrogens is 270 g/mol. The molecule has 0 saturated heterocycles. The molecule has 1 aromatic carbocycles. The van der Waals surface area contributed by atoms with E-state index in [4.69, 9.17) is 5.73 Å². The van der Waals surface area contributed by atoms with Crippen LogP contribution in [-0.4, -0.2) is 16.9 Å². The van der Waals surface area contributed by atoms with Crippen LogP contribution in [0.2, 0.25) is 0 Å². The quantitative estimate of drug-likeness (QED) is 0.940. The van der Waals surface area contributed by atoms with Crippen molar-refractivity contribution in [1.82, 2.24) is 4.98 Å². The zero-order valence-corrected chi connectivity index (χ0v) is 12.2. The summed E-state index contributed by atoms with van der Waals surface area (Å²) in [7, 11) is 0. The van der Waals surface area contributed by atoms with Crippen molar-refractivity contribution in [2.24, 2.45) is 5.73 Å². The van der Waals surface area contributed by atoms with Crippen molar-refractivity contribution < 1.29 is 4.79 Å². The first-order valence-electron chi connectivity index (χ1n) is 6.72. The normalized spacial score (nSPS) is 17.3. The minimum absolute atomic E-state index is 0.108. The number of aromatic nitrogens is 1. The molecule has 1 aromatic heterocycles. The minimum atomic E-state index is 0.108. The lowest BCUT2D eigenvalue weighted by atomic mass is 10.1. The van der Waals surface area contributed by atoms with E-state index < -0.39 is 0 Å². The predicted octanol–water partition coefficient (Wildman–Crippen LogP) is 2.12. The van der Waals surface area contributed by atoms with Crippen LogP contribution in [0.15, 0.2) is 29.6 Å². The average Bonchev–Trinajstić information content (AvgIpc) is 3.01. The third-order valence-corrected chi connectivity index (χ3v) is 4.50. The summed E-state index contributed by atoms with van der Waals surface area (Å²) in [4.78, 5) is 18.8. The Morgan fingerprint density at radius 2 is 2.30 bits per heavy atom. The van der Waals surface area contributed by atoms with Gasteiger partial charge in [-0.3, -0.25) is 4.79 Å². The van der Waals surface area contributed by atoms with Gasteiger partial charge in [0.25, 0.3) is 0 Å². The fourth-order valence-electron chi connectivity index (χ4n) is 2.71. The first-order chi connectivity index (χ1) is 9.69. The number of hydrogen-bond acceptors (Lipinski definition) is 4. The molecule has 4 nitrogen and oxygen atoms in total. The number of thiazole rings is 1. The summed E-state index contributed by atoms with van der Waals surface area (Å²) in [5.74, 6) is 0.108. The molecule has 1 aliphatic rings. The minimum Gasteiger partial charge on any atom is -0.325 e. The smallest absolute Gasteiger partial charge is 0.233 e. The molecule has 0 bridgehead atoms. The Bertz CT molecular complexity index is 638. The summed E-state index contributed by atoms with van der Waals surface area (Å²) in [5, 5.41) is 2.80. The molecule has 0 radical (unpaired) electrons. The molecule has 104 valence electrons. The predicted molar refractivity (Wildman–Crippen MR) is 80.8 cm³/mol. The zero-order chi connectivity index (χ0) is 14.1. The third kappa shape index (κ3) is 2.34. The number of fused-ring (bicyclic) bond motifs is 1. The van der Waals surface area contributed by atoms with E-state index in [1.54, 1.807) is 0 Å². The van der Waals surface area contributed by atoms with Gasteiger partial charge >= 0.3 is 0 Å². The van der Waals surface area contributed by atoms with E-state index in [0.29, 0.717) is 13.0 Å². The molecule has 2 heterocycles. The van der Waals surface area contributed by atoms with Crippen molar-refractivity contribution in [2.45, 2.75) is 32.4 Å². The summed E-state index contributed by atoms with van der Waals surface area (Å²) in [5.41, 5.74) is 8.66. The largest absolute Gasteiger partial charge is 0.325 e. The molecular formula is C15H17N3OS. The van der Waals surface area contributed by atoms with Crippen LogP contribution in [0.25, 0.3) is 0 Å². The van der Waals surface area contributed by atoms with E-state index in [1.807, 2.05) is 28.5 Å². The first kappa shape index (κ1) is 13.3. The first-order valence-corrected chi connectivity index (χ1v) is 7.60. The number of para-hydroxylation sites is 1. The Morgan fingerprint density at radius 3 is 3.05 bits per heavy atom. The van der Waals surface area contributed by atoms with Gasteiger partial charge in [-0.1, -0.05) is 18.2 Å². The van der Waals surface area contributed by atoms with Crippen LogP contribution in [-0.2, 0) is 24.2 Å². The molecule has 1 unspecified atom stereocenters. The highest BCUT2D eigenvalue weighted by atomic mass is 32.1. The number of hydrogen-bond donors (Lipinski definition) is 1. The van der Waals surface area contributed by atoms with Gasteiger partial charge in [0.1, 0.15) is 5.01 Å². The summed E-state index contributed by atoms with van der Waals surface area (Å²) in [6.07, 6.45) is 1.27. The summed E-state index contributed by atoms with van der Waals surface area (Å²) in [6, 6.07) is 8.32. The fourth-order valence-corrected chi connectivity index (χ4v) is 3.38. The number of anilines is 1. The van der Waals surface area contributed by atoms with Crippen molar-refractivity contribution in [3.8, 4) is 0 Å². The molecule has 20 heavy (non-hydrogen) atoms. The molecule has 0 saturated carbocycles. The Kier molecular flexibility index (Phi) is 3.54. The number of carbonyl (C=O) groups excluding carboxylic acids is 1. The van der Waals surface area contributed by atoms with Crippen LogP contribution < -0.4 is 10.6 Å². The van der Waals surface area contributed by atoms with Gasteiger partial charge in [-0.2, -0.15) is 0 Å². The van der Waals surface area contributed by atoms with Crippen molar-refractivity contribution in [2.75, 3.05) is 4.90 Å². The van der Waals surface area contributed by atoms with E-state index in [-0.39, 0.29) is 11.9 Å². The maximum atomic E-state index is 12.5. The SMILES string of the molecule is CC1Cc2ccccc2N1C(=O)Cc1csc(CN)n1. The lowest BCUT2D eigenvalue weighted by molar-refractivity contribution is -0.118. The average molecular weight is 287 g/mol. The lowest BCUT2D eigenvalue weighted by Crippen LogP contribution is -2.36. The summed E-state index contributed by atoms with van der Waals surface area (Å²) < 4.78 is 0. The van der Waals surface area contributed by atoms with Gasteiger partial charge in [0.2, 0.25) is 5.91 Å². The van der Waals surface area contributed by atoms with E-state index in [2.05, 4.69) is 18.0 Å². The number of rotatable bonds is 3. The highest BCUT2D eigenvalue weighted by Gasteiger charge is 2.30. The van der Waals surface area contributed by atoms with Crippen LogP contribution in [0.5, 0.6) is 0 Å². The van der Waals surface area contributed by atoms with Gasteiger partial charge in [-0.15, -0.1) is 11.3 Å². The number of nitrogens with zero attached hydrogens (tertiary/aromatic N) is 2. The molecule has 1 aliphatic heterocycles. The molecule has 5 heteroatoms. The van der Waals surface area contributed by atoms with Crippen molar-refractivity contribution >= 4 is 22.9 Å². The van der Waals surface area contributed by atoms with Gasteiger partial charge in [0, 0.05) is 23.7 Å². The van der Waals surface area contributed by atoms with E-state index in [1.165, 1.54) is 16.9 Å². The number of carbonyl (C=O) groups is 1. The summed E-state index contributed by atoms with van der Waals surface area (Å²) >= 11 is 1.51. The van der Waals surface area contributed by atoms with Crippen molar-refractivity contribution in [3.63, 3.8) is 0 Å². The maximum Gasteiger partial charge on any atom is 0.233 e. The molecule has 2 N–H and O–H groups in total. The highest BCUT2D eigenvalue weighted by molar-refractivity contribution is 7.09. The number of amides is 1. The Morgan fingerprint density at radius 1 is 1.50 bits per heavy atom. The van der Waals surface area contributed by atoms with E-state index >= 15 is 0 Å². The fraction of sp³-hybridized carbons (Fsp3) is 0.333. The monoisotopic (exact) mass is 287 g/mol. The Hall–Kier alpha value is -1.72. The van der Waals surface area contributed by atoms with Crippen LogP contribution >= 0.6 is 11.3 Å². The van der Waals surface area contributed by atoms with Crippen molar-refractivity contribution in [1.29, 1.82) is 0 Å². The molecule has 3 rings (SSSR count). The number of benzene rings is 1. The van der Waals surface area contributed by atoms with Crippen LogP contribution in [0.4, 0.5) is 5.69 Å². The molecule has 0 aliphatic carbocycles. The van der Waals surface area contributed by atoms with Gasteiger partial charge in [0.15, 0.2) is 0 Å². The molecule has 1 amide bonds. The standard InChI is InChI=1S/C15H17N3OS/c1-10-6-11-4-2-3-5-13(11)18(10)15(19)7-12-9-20-14(8-16)17-12/h2-5,9-10H,6-8,16H2,1H3. The van der Waals surface area contributed by atoms with Crippen molar-refractivity contribution in [3.05, 3.63) is 45.9 Å². The van der Waals surface area contributed by atoms with Crippen LogP contribution in [0.1, 0.15) is 23.2 Å².